The molecule has 1 aliphatic rings. The quantitative estimate of drug-likeness (QED) is 0.850. The van der Waals surface area contributed by atoms with Gasteiger partial charge in [-0.05, 0) is 32.8 Å². The molecule has 0 radical (unpaired) electrons. The van der Waals surface area contributed by atoms with Crippen LogP contribution in [0.15, 0.2) is 11.4 Å². The van der Waals surface area contributed by atoms with E-state index < -0.39 is 10.0 Å². The largest absolute Gasteiger partial charge is 0.223 e. The molecule has 0 unspecified atom stereocenters. The zero-order valence-electron chi connectivity index (χ0n) is 14.2. The first kappa shape index (κ1) is 17.6. The molecule has 8 heteroatoms. The summed E-state index contributed by atoms with van der Waals surface area (Å²) in [4.78, 5) is 4.57. The van der Waals surface area contributed by atoms with Gasteiger partial charge in [0.25, 0.3) is 0 Å². The lowest BCUT2D eigenvalue weighted by atomic mass is 10.0. The Labute approximate surface area is 147 Å². The number of aryl methyl sites for hydroxylation is 2. The monoisotopic (exact) mass is 368 g/mol. The Balaban J connectivity index is 1.57. The molecule has 1 fully saturated rings. The summed E-state index contributed by atoms with van der Waals surface area (Å²) < 4.78 is 29.2. The summed E-state index contributed by atoms with van der Waals surface area (Å²) in [5.74, 6) is 0. The highest BCUT2D eigenvalue weighted by atomic mass is 32.2. The highest BCUT2D eigenvalue weighted by Crippen LogP contribution is 2.23. The number of rotatable bonds is 6. The lowest BCUT2D eigenvalue weighted by Gasteiger charge is -2.21. The van der Waals surface area contributed by atoms with Crippen LogP contribution in [0.3, 0.4) is 0 Å². The van der Waals surface area contributed by atoms with Crippen LogP contribution in [0.25, 0.3) is 5.13 Å². The Morgan fingerprint density at radius 2 is 2.04 bits per heavy atom. The molecule has 0 atom stereocenters. The van der Waals surface area contributed by atoms with Gasteiger partial charge in [-0.3, -0.25) is 0 Å². The molecule has 1 saturated carbocycles. The van der Waals surface area contributed by atoms with Gasteiger partial charge in [0, 0.05) is 24.0 Å². The summed E-state index contributed by atoms with van der Waals surface area (Å²) in [6.45, 7) is 4.36. The van der Waals surface area contributed by atoms with Gasteiger partial charge in [0.15, 0.2) is 0 Å². The van der Waals surface area contributed by atoms with E-state index in [4.69, 9.17) is 0 Å². The Morgan fingerprint density at radius 1 is 1.29 bits per heavy atom. The third-order valence-corrected chi connectivity index (χ3v) is 7.23. The van der Waals surface area contributed by atoms with Gasteiger partial charge < -0.3 is 0 Å². The van der Waals surface area contributed by atoms with Crippen LogP contribution in [0.1, 0.15) is 49.2 Å². The van der Waals surface area contributed by atoms with Gasteiger partial charge >= 0.3 is 0 Å². The minimum Gasteiger partial charge on any atom is -0.223 e. The highest BCUT2D eigenvalue weighted by Gasteiger charge is 2.26. The van der Waals surface area contributed by atoms with Crippen LogP contribution >= 0.6 is 11.3 Å². The molecule has 132 valence electrons. The average Bonchev–Trinajstić information content (AvgIpc) is 3.14. The van der Waals surface area contributed by atoms with Crippen molar-refractivity contribution in [3.63, 3.8) is 0 Å². The molecule has 2 aromatic heterocycles. The molecule has 0 aromatic carbocycles. The molecular weight excluding hydrogens is 344 g/mol. The van der Waals surface area contributed by atoms with Crippen molar-refractivity contribution in [2.24, 2.45) is 0 Å². The van der Waals surface area contributed by atoms with Gasteiger partial charge in [0.05, 0.1) is 16.6 Å². The summed E-state index contributed by atoms with van der Waals surface area (Å²) in [6.07, 6.45) is 5.36. The molecule has 0 aliphatic heterocycles. The Kier molecular flexibility index (Phi) is 5.36. The molecule has 1 N–H and O–H groups in total. The molecule has 0 spiro atoms. The van der Waals surface area contributed by atoms with E-state index in [2.05, 4.69) is 14.8 Å². The van der Waals surface area contributed by atoms with E-state index in [0.29, 0.717) is 13.0 Å². The van der Waals surface area contributed by atoms with E-state index in [0.717, 1.165) is 54.3 Å². The molecular formula is C16H24N4O2S2. The first-order chi connectivity index (χ1) is 11.5. The SMILES string of the molecule is Cc1cc(C)n(-c2nc(CCNS(=O)(=O)C3CCCCC3)cs2)n1. The maximum atomic E-state index is 12.3. The van der Waals surface area contributed by atoms with Crippen LogP contribution in [0.2, 0.25) is 0 Å². The second-order valence-electron chi connectivity index (χ2n) is 6.41. The van der Waals surface area contributed by atoms with Crippen LogP contribution in [0, 0.1) is 13.8 Å². The third-order valence-electron chi connectivity index (χ3n) is 4.41. The average molecular weight is 369 g/mol. The van der Waals surface area contributed by atoms with Crippen LogP contribution in [0.4, 0.5) is 0 Å². The number of nitrogens with zero attached hydrogens (tertiary/aromatic N) is 3. The fraction of sp³-hybridized carbons (Fsp3) is 0.625. The molecule has 0 saturated heterocycles. The van der Waals surface area contributed by atoms with Crippen molar-refractivity contribution in [3.05, 3.63) is 28.5 Å². The number of hydrogen-bond acceptors (Lipinski definition) is 5. The topological polar surface area (TPSA) is 76.9 Å². The van der Waals surface area contributed by atoms with Gasteiger partial charge in [-0.2, -0.15) is 5.10 Å². The van der Waals surface area contributed by atoms with Crippen LogP contribution in [0.5, 0.6) is 0 Å². The number of aromatic nitrogens is 3. The van der Waals surface area contributed by atoms with E-state index in [1.54, 1.807) is 0 Å². The summed E-state index contributed by atoms with van der Waals surface area (Å²) in [5.41, 5.74) is 2.91. The van der Waals surface area contributed by atoms with Crippen LogP contribution in [-0.4, -0.2) is 35.0 Å². The summed E-state index contributed by atoms with van der Waals surface area (Å²) in [6, 6.07) is 2.01. The molecule has 1 aliphatic carbocycles. The van der Waals surface area contributed by atoms with Gasteiger partial charge in [-0.1, -0.05) is 19.3 Å². The normalized spacial score (nSPS) is 16.6. The lowest BCUT2D eigenvalue weighted by molar-refractivity contribution is 0.477. The number of nitrogens with one attached hydrogen (secondary N) is 1. The second kappa shape index (κ2) is 7.33. The van der Waals surface area contributed by atoms with Crippen molar-refractivity contribution in [1.29, 1.82) is 0 Å². The summed E-state index contributed by atoms with van der Waals surface area (Å²) in [5, 5.41) is 7.01. The van der Waals surface area contributed by atoms with Crippen LogP contribution < -0.4 is 4.72 Å². The standard InChI is InChI=1S/C16H24N4O2S2/c1-12-10-13(2)20(19-12)16-18-14(11-23-16)8-9-17-24(21,22)15-6-4-3-5-7-15/h10-11,15,17H,3-9H2,1-2H3. The Hall–Kier alpha value is -1.25. The number of thiazole rings is 1. The van der Waals surface area contributed by atoms with Gasteiger partial charge in [-0.25, -0.2) is 22.8 Å². The fourth-order valence-corrected chi connectivity index (χ4v) is 5.59. The predicted octanol–water partition coefficient (Wildman–Crippen LogP) is 2.74. The van der Waals surface area contributed by atoms with E-state index >= 15 is 0 Å². The number of sulfonamides is 1. The molecule has 6 nitrogen and oxygen atoms in total. The molecule has 3 rings (SSSR count). The lowest BCUT2D eigenvalue weighted by Crippen LogP contribution is -2.36. The summed E-state index contributed by atoms with van der Waals surface area (Å²) in [7, 11) is -3.19. The van der Waals surface area contributed by atoms with Crippen LogP contribution in [-0.2, 0) is 16.4 Å². The zero-order chi connectivity index (χ0) is 17.2. The minimum absolute atomic E-state index is 0.216. The second-order valence-corrected chi connectivity index (χ2v) is 9.29. The van der Waals surface area contributed by atoms with E-state index in [1.165, 1.54) is 11.3 Å². The van der Waals surface area contributed by atoms with Crippen molar-refractivity contribution >= 4 is 21.4 Å². The maximum absolute atomic E-state index is 12.3. The molecule has 2 heterocycles. The van der Waals surface area contributed by atoms with Crippen molar-refractivity contribution in [2.75, 3.05) is 6.54 Å². The number of hydrogen-bond donors (Lipinski definition) is 1. The third kappa shape index (κ3) is 4.04. The van der Waals surface area contributed by atoms with Gasteiger partial charge in [-0.15, -0.1) is 11.3 Å². The van der Waals surface area contributed by atoms with E-state index in [-0.39, 0.29) is 5.25 Å². The Morgan fingerprint density at radius 3 is 2.71 bits per heavy atom. The smallest absolute Gasteiger partial charge is 0.214 e. The zero-order valence-corrected chi connectivity index (χ0v) is 15.8. The van der Waals surface area contributed by atoms with Crippen molar-refractivity contribution in [3.8, 4) is 5.13 Å². The first-order valence-electron chi connectivity index (χ1n) is 8.42. The Bertz CT molecular complexity index is 789. The summed E-state index contributed by atoms with van der Waals surface area (Å²) >= 11 is 1.53. The van der Waals surface area contributed by atoms with Crippen molar-refractivity contribution in [2.45, 2.75) is 57.6 Å². The maximum Gasteiger partial charge on any atom is 0.214 e. The van der Waals surface area contributed by atoms with Gasteiger partial charge in [0.2, 0.25) is 15.2 Å². The highest BCUT2D eigenvalue weighted by molar-refractivity contribution is 7.90. The van der Waals surface area contributed by atoms with Gasteiger partial charge in [0.1, 0.15) is 0 Å². The van der Waals surface area contributed by atoms with E-state index in [1.807, 2.05) is 30.0 Å². The predicted molar refractivity (Wildman–Crippen MR) is 96.2 cm³/mol. The molecule has 0 amide bonds. The van der Waals surface area contributed by atoms with E-state index in [9.17, 15) is 8.42 Å². The molecule has 2 aromatic rings. The first-order valence-corrected chi connectivity index (χ1v) is 10.8. The molecule has 24 heavy (non-hydrogen) atoms. The van der Waals surface area contributed by atoms with Crippen molar-refractivity contribution in [1.82, 2.24) is 19.5 Å². The van der Waals surface area contributed by atoms with Crippen molar-refractivity contribution < 1.29 is 8.42 Å². The molecule has 0 bridgehead atoms. The minimum atomic E-state index is -3.19. The fourth-order valence-electron chi connectivity index (χ4n) is 3.15.